The number of nitrogens with one attached hydrogen (secondary N) is 1. The zero-order valence-corrected chi connectivity index (χ0v) is 17.2. The highest BCUT2D eigenvalue weighted by Crippen LogP contribution is 2.25. The van der Waals surface area contributed by atoms with Crippen molar-refractivity contribution >= 4 is 5.78 Å². The van der Waals surface area contributed by atoms with Crippen LogP contribution in [0.5, 0.6) is 0 Å². The lowest BCUT2D eigenvalue weighted by Crippen LogP contribution is -2.37. The minimum absolute atomic E-state index is 0.103. The van der Waals surface area contributed by atoms with Crippen LogP contribution in [0.15, 0.2) is 35.1 Å². The van der Waals surface area contributed by atoms with Crippen LogP contribution in [0.4, 0.5) is 0 Å². The van der Waals surface area contributed by atoms with Gasteiger partial charge in [0, 0.05) is 24.2 Å². The molecular formula is C22H29N5O. The highest BCUT2D eigenvalue weighted by molar-refractivity contribution is 5.57. The second-order valence-electron chi connectivity index (χ2n) is 8.94. The first kappa shape index (κ1) is 18.9. The van der Waals surface area contributed by atoms with Crippen molar-refractivity contribution in [2.24, 2.45) is 0 Å². The second kappa shape index (κ2) is 7.17. The Morgan fingerprint density at radius 3 is 2.57 bits per heavy atom. The van der Waals surface area contributed by atoms with Crippen molar-refractivity contribution in [2.45, 2.75) is 65.0 Å². The summed E-state index contributed by atoms with van der Waals surface area (Å²) in [5.41, 5.74) is 2.99. The van der Waals surface area contributed by atoms with E-state index in [4.69, 9.17) is 0 Å². The molecule has 0 unspecified atom stereocenters. The van der Waals surface area contributed by atoms with Crippen molar-refractivity contribution in [3.8, 4) is 11.4 Å². The van der Waals surface area contributed by atoms with E-state index in [2.05, 4.69) is 59.8 Å². The molecule has 1 aromatic carbocycles. The third-order valence-corrected chi connectivity index (χ3v) is 5.71. The van der Waals surface area contributed by atoms with Crippen molar-refractivity contribution in [2.75, 3.05) is 6.54 Å². The van der Waals surface area contributed by atoms with Crippen molar-refractivity contribution in [3.05, 3.63) is 51.9 Å². The van der Waals surface area contributed by atoms with E-state index >= 15 is 0 Å². The van der Waals surface area contributed by atoms with Crippen LogP contribution >= 0.6 is 0 Å². The van der Waals surface area contributed by atoms with Gasteiger partial charge in [0.1, 0.15) is 0 Å². The average molecular weight is 380 g/mol. The smallest absolute Gasteiger partial charge is 0.274 e. The normalized spacial score (nSPS) is 18.6. The number of likely N-dealkylation sites (tertiary alicyclic amines) is 1. The first-order valence-electron chi connectivity index (χ1n) is 10.1. The van der Waals surface area contributed by atoms with Crippen molar-refractivity contribution in [1.82, 2.24) is 24.5 Å². The monoisotopic (exact) mass is 379 g/mol. The molecule has 1 aliphatic rings. The van der Waals surface area contributed by atoms with E-state index in [9.17, 15) is 4.79 Å². The molecule has 0 bridgehead atoms. The Labute approximate surface area is 165 Å². The minimum atomic E-state index is -0.116. The number of benzene rings is 1. The van der Waals surface area contributed by atoms with Gasteiger partial charge in [0.15, 0.2) is 5.82 Å². The second-order valence-corrected chi connectivity index (χ2v) is 8.94. The lowest BCUT2D eigenvalue weighted by Gasteiger charge is -2.32. The topological polar surface area (TPSA) is 66.3 Å². The Morgan fingerprint density at radius 1 is 1.14 bits per heavy atom. The summed E-state index contributed by atoms with van der Waals surface area (Å²) < 4.78 is 1.43. The van der Waals surface area contributed by atoms with Crippen LogP contribution in [0.1, 0.15) is 58.2 Å². The molecule has 0 spiro atoms. The summed E-state index contributed by atoms with van der Waals surface area (Å²) in [5.74, 6) is 1.09. The van der Waals surface area contributed by atoms with E-state index in [1.165, 1.54) is 29.3 Å². The molecule has 148 valence electrons. The number of hydrogen-bond donors (Lipinski definition) is 1. The zero-order valence-electron chi connectivity index (χ0n) is 17.2. The fraction of sp³-hybridized carbons (Fsp3) is 0.500. The number of rotatable bonds is 3. The van der Waals surface area contributed by atoms with Gasteiger partial charge >= 0.3 is 0 Å². The molecule has 6 heteroatoms. The van der Waals surface area contributed by atoms with Gasteiger partial charge in [0.05, 0.1) is 5.69 Å². The van der Waals surface area contributed by atoms with Crippen LogP contribution < -0.4 is 5.56 Å². The summed E-state index contributed by atoms with van der Waals surface area (Å²) in [6.07, 6.45) is 3.70. The fourth-order valence-electron chi connectivity index (χ4n) is 3.87. The Hall–Kier alpha value is -2.47. The Kier molecular flexibility index (Phi) is 4.83. The molecule has 28 heavy (non-hydrogen) atoms. The average Bonchev–Trinajstić information content (AvgIpc) is 3.08. The largest absolute Gasteiger partial charge is 0.295 e. The molecule has 3 heterocycles. The number of H-pyrrole nitrogens is 1. The predicted molar refractivity (Wildman–Crippen MR) is 111 cm³/mol. The van der Waals surface area contributed by atoms with Crippen LogP contribution in [-0.4, -0.2) is 37.1 Å². The van der Waals surface area contributed by atoms with E-state index in [0.29, 0.717) is 24.2 Å². The predicted octanol–water partition coefficient (Wildman–Crippen LogP) is 3.76. The SMILES string of the molecule is C[C@@H]1CCCCN1Cc1cc(=O)n2[nH]c(-c3ccc(C(C)(C)C)cc3)nc2n1. The maximum Gasteiger partial charge on any atom is 0.274 e. The van der Waals surface area contributed by atoms with Gasteiger partial charge in [0.25, 0.3) is 11.3 Å². The van der Waals surface area contributed by atoms with Crippen molar-refractivity contribution < 1.29 is 0 Å². The number of piperidine rings is 1. The van der Waals surface area contributed by atoms with Crippen LogP contribution in [0.25, 0.3) is 17.2 Å². The minimum Gasteiger partial charge on any atom is -0.295 e. The number of hydrogen-bond acceptors (Lipinski definition) is 4. The van der Waals surface area contributed by atoms with E-state index < -0.39 is 0 Å². The quantitative estimate of drug-likeness (QED) is 0.752. The number of aromatic amines is 1. The van der Waals surface area contributed by atoms with Gasteiger partial charge < -0.3 is 0 Å². The molecule has 1 fully saturated rings. The first-order chi connectivity index (χ1) is 13.3. The molecule has 1 atom stereocenters. The summed E-state index contributed by atoms with van der Waals surface area (Å²) in [6, 6.07) is 10.5. The van der Waals surface area contributed by atoms with Crippen LogP contribution in [0, 0.1) is 0 Å². The molecule has 0 radical (unpaired) electrons. The molecule has 0 amide bonds. The molecule has 4 rings (SSSR count). The van der Waals surface area contributed by atoms with Crippen LogP contribution in [0.3, 0.4) is 0 Å². The lowest BCUT2D eigenvalue weighted by atomic mass is 9.87. The van der Waals surface area contributed by atoms with Crippen LogP contribution in [-0.2, 0) is 12.0 Å². The molecular weight excluding hydrogens is 350 g/mol. The highest BCUT2D eigenvalue weighted by Gasteiger charge is 2.20. The standard InChI is InChI=1S/C22H29N5O/c1-15-7-5-6-12-26(15)14-18-13-19(28)27-21(23-18)24-20(25-27)16-8-10-17(11-9-16)22(2,3)4/h8-11,13,15H,5-7,12,14H2,1-4H3,(H,23,24,25)/t15-/m1/s1. The summed E-state index contributed by atoms with van der Waals surface area (Å²) >= 11 is 0. The number of aromatic nitrogens is 4. The molecule has 3 aromatic rings. The van der Waals surface area contributed by atoms with Gasteiger partial charge in [-0.05, 0) is 37.3 Å². The molecule has 0 saturated carbocycles. The maximum absolute atomic E-state index is 12.6. The van der Waals surface area contributed by atoms with Crippen molar-refractivity contribution in [3.63, 3.8) is 0 Å². The van der Waals surface area contributed by atoms with E-state index in [-0.39, 0.29) is 11.0 Å². The summed E-state index contributed by atoms with van der Waals surface area (Å²) in [7, 11) is 0. The summed E-state index contributed by atoms with van der Waals surface area (Å²) in [5, 5.41) is 3.09. The lowest BCUT2D eigenvalue weighted by molar-refractivity contribution is 0.151. The van der Waals surface area contributed by atoms with Gasteiger partial charge in [0.2, 0.25) is 0 Å². The van der Waals surface area contributed by atoms with Gasteiger partial charge in [-0.3, -0.25) is 14.8 Å². The third kappa shape index (κ3) is 3.74. The van der Waals surface area contributed by atoms with Gasteiger partial charge in [-0.1, -0.05) is 51.5 Å². The zero-order chi connectivity index (χ0) is 19.9. The Balaban J connectivity index is 1.64. The molecule has 0 aliphatic carbocycles. The molecule has 1 saturated heterocycles. The van der Waals surface area contributed by atoms with E-state index in [1.54, 1.807) is 6.07 Å². The van der Waals surface area contributed by atoms with Gasteiger partial charge in [-0.2, -0.15) is 9.50 Å². The maximum atomic E-state index is 12.6. The van der Waals surface area contributed by atoms with E-state index in [0.717, 1.165) is 17.8 Å². The van der Waals surface area contributed by atoms with E-state index in [1.807, 2.05) is 12.1 Å². The number of fused-ring (bicyclic) bond motifs is 1. The summed E-state index contributed by atoms with van der Waals surface area (Å²) in [4.78, 5) is 24.2. The molecule has 1 aliphatic heterocycles. The highest BCUT2D eigenvalue weighted by atomic mass is 16.1. The van der Waals surface area contributed by atoms with Crippen molar-refractivity contribution in [1.29, 1.82) is 0 Å². The van der Waals surface area contributed by atoms with Gasteiger partial charge in [-0.25, -0.2) is 4.98 Å². The number of nitrogens with zero attached hydrogens (tertiary/aromatic N) is 4. The molecule has 6 nitrogen and oxygen atoms in total. The molecule has 1 N–H and O–H groups in total. The summed E-state index contributed by atoms with van der Waals surface area (Å²) in [6.45, 7) is 10.6. The fourth-order valence-corrected chi connectivity index (χ4v) is 3.87. The Morgan fingerprint density at radius 2 is 1.89 bits per heavy atom. The third-order valence-electron chi connectivity index (χ3n) is 5.71. The van der Waals surface area contributed by atoms with Gasteiger partial charge in [-0.15, -0.1) is 0 Å². The van der Waals surface area contributed by atoms with Crippen LogP contribution in [0.2, 0.25) is 0 Å². The Bertz CT molecular complexity index is 1030. The molecule has 2 aromatic heterocycles. The first-order valence-corrected chi connectivity index (χ1v) is 10.1.